The second-order valence-electron chi connectivity index (χ2n) is 8.55. The molecule has 5 nitrogen and oxygen atoms in total. The Balaban J connectivity index is 1.35. The number of thiocarbonyl (C=S) groups is 1. The number of ketones is 1. The predicted molar refractivity (Wildman–Crippen MR) is 115 cm³/mol. The van der Waals surface area contributed by atoms with Gasteiger partial charge in [0.05, 0.1) is 18.0 Å². The van der Waals surface area contributed by atoms with E-state index in [0.29, 0.717) is 36.7 Å². The number of Topliss-reactive ketones (excluding diaryl/α,β-unsaturated/α-hetero) is 1. The van der Waals surface area contributed by atoms with E-state index >= 15 is 0 Å². The highest BCUT2D eigenvalue weighted by molar-refractivity contribution is 7.80. The fourth-order valence-electron chi connectivity index (χ4n) is 5.17. The molecule has 1 amide bonds. The number of aryl methyl sites for hydroxylation is 1. The van der Waals surface area contributed by atoms with E-state index in [1.807, 2.05) is 0 Å². The maximum Gasteiger partial charge on any atom is 0.223 e. The van der Waals surface area contributed by atoms with E-state index in [2.05, 4.69) is 29.6 Å². The number of fused-ring (bicyclic) bond motifs is 1. The largest absolute Gasteiger partial charge is 0.333 e. The minimum atomic E-state index is -0.573. The van der Waals surface area contributed by atoms with E-state index < -0.39 is 18.0 Å². The standard InChI is InChI=1S/C23H28N2O3S/c26-14-18-22(20(29)13-24-18)23(28)19-6-3-11-25(19)21(27)10-8-15-7-9-16-4-1-2-5-17(16)12-15/h1-2,4-5,14-15,18-19,22,24H,3,6-13H2/t15-,18+,19-,22?/m0/s1. The highest BCUT2D eigenvalue weighted by Gasteiger charge is 2.44. The molecular formula is C23H28N2O3S. The molecule has 2 fully saturated rings. The summed E-state index contributed by atoms with van der Waals surface area (Å²) in [6.07, 6.45) is 6.86. The molecule has 3 aliphatic rings. The van der Waals surface area contributed by atoms with E-state index in [1.54, 1.807) is 4.90 Å². The Kier molecular flexibility index (Phi) is 6.20. The van der Waals surface area contributed by atoms with Gasteiger partial charge in [0.15, 0.2) is 5.78 Å². The van der Waals surface area contributed by atoms with Crippen LogP contribution in [0.4, 0.5) is 0 Å². The van der Waals surface area contributed by atoms with Crippen LogP contribution in [-0.4, -0.2) is 52.9 Å². The zero-order valence-electron chi connectivity index (χ0n) is 16.6. The number of hydrogen-bond donors (Lipinski definition) is 1. The molecule has 1 N–H and O–H groups in total. The normalized spacial score (nSPS) is 29.0. The second-order valence-corrected chi connectivity index (χ2v) is 9.07. The van der Waals surface area contributed by atoms with Gasteiger partial charge in [-0.25, -0.2) is 0 Å². The molecule has 29 heavy (non-hydrogen) atoms. The zero-order valence-corrected chi connectivity index (χ0v) is 17.5. The van der Waals surface area contributed by atoms with Gasteiger partial charge >= 0.3 is 0 Å². The highest BCUT2D eigenvalue weighted by Crippen LogP contribution is 2.30. The van der Waals surface area contributed by atoms with Crippen LogP contribution in [0.15, 0.2) is 24.3 Å². The molecule has 154 valence electrons. The number of amides is 1. The molecule has 0 bridgehead atoms. The zero-order chi connectivity index (χ0) is 20.4. The fraction of sp³-hybridized carbons (Fsp3) is 0.565. The number of hydrogen-bond acceptors (Lipinski definition) is 5. The number of nitrogens with one attached hydrogen (secondary N) is 1. The number of rotatable bonds is 6. The van der Waals surface area contributed by atoms with Gasteiger partial charge in [0.1, 0.15) is 6.29 Å². The molecular weight excluding hydrogens is 384 g/mol. The van der Waals surface area contributed by atoms with Crippen LogP contribution in [0.5, 0.6) is 0 Å². The van der Waals surface area contributed by atoms with Crippen LogP contribution >= 0.6 is 12.2 Å². The second kappa shape index (κ2) is 8.84. The first-order chi connectivity index (χ1) is 14.1. The molecule has 1 aliphatic carbocycles. The minimum absolute atomic E-state index is 0.0606. The summed E-state index contributed by atoms with van der Waals surface area (Å²) in [5.41, 5.74) is 2.85. The number of likely N-dealkylation sites (tertiary alicyclic amines) is 1. The van der Waals surface area contributed by atoms with Crippen LogP contribution in [0.1, 0.15) is 43.2 Å². The van der Waals surface area contributed by atoms with Crippen LogP contribution in [0.3, 0.4) is 0 Å². The first-order valence-electron chi connectivity index (χ1n) is 10.7. The Morgan fingerprint density at radius 1 is 1.21 bits per heavy atom. The van der Waals surface area contributed by atoms with Gasteiger partial charge in [-0.05, 0) is 55.6 Å². The monoisotopic (exact) mass is 412 g/mol. The lowest BCUT2D eigenvalue weighted by Crippen LogP contribution is -2.47. The quantitative estimate of drug-likeness (QED) is 0.574. The third-order valence-electron chi connectivity index (χ3n) is 6.79. The molecule has 4 atom stereocenters. The maximum absolute atomic E-state index is 13.1. The lowest BCUT2D eigenvalue weighted by atomic mass is 9.81. The summed E-state index contributed by atoms with van der Waals surface area (Å²) in [5, 5.41) is 3.00. The SMILES string of the molecule is O=C[C@H]1NCC(=S)C1C(=O)[C@@H]1CCCN1C(=O)CC[C@@H]1CCc2ccccc2C1. The van der Waals surface area contributed by atoms with Crippen LogP contribution in [0.2, 0.25) is 0 Å². The van der Waals surface area contributed by atoms with E-state index in [1.165, 1.54) is 11.1 Å². The first kappa shape index (κ1) is 20.4. The van der Waals surface area contributed by atoms with Gasteiger partial charge in [0, 0.05) is 24.4 Å². The molecule has 0 radical (unpaired) electrons. The third-order valence-corrected chi connectivity index (χ3v) is 7.19. The van der Waals surface area contributed by atoms with Crippen LogP contribution in [0, 0.1) is 11.8 Å². The van der Waals surface area contributed by atoms with Crippen molar-refractivity contribution in [3.63, 3.8) is 0 Å². The Labute approximate surface area is 177 Å². The summed E-state index contributed by atoms with van der Waals surface area (Å²) in [5.74, 6) is -0.0406. The van der Waals surface area contributed by atoms with E-state index in [-0.39, 0.29) is 11.7 Å². The lowest BCUT2D eigenvalue weighted by Gasteiger charge is -2.28. The summed E-state index contributed by atoms with van der Waals surface area (Å²) in [6.45, 7) is 1.04. The van der Waals surface area contributed by atoms with Crippen molar-refractivity contribution >= 4 is 35.1 Å². The van der Waals surface area contributed by atoms with Gasteiger partial charge in [0.25, 0.3) is 0 Å². The van der Waals surface area contributed by atoms with Crippen molar-refractivity contribution in [1.29, 1.82) is 0 Å². The van der Waals surface area contributed by atoms with Crippen molar-refractivity contribution in [2.24, 2.45) is 11.8 Å². The summed E-state index contributed by atoms with van der Waals surface area (Å²) >= 11 is 5.32. The molecule has 1 unspecified atom stereocenters. The fourth-order valence-corrected chi connectivity index (χ4v) is 5.51. The lowest BCUT2D eigenvalue weighted by molar-refractivity contribution is -0.138. The molecule has 1 aromatic rings. The molecule has 2 aliphatic heterocycles. The van der Waals surface area contributed by atoms with Gasteiger partial charge in [-0.2, -0.15) is 0 Å². The van der Waals surface area contributed by atoms with Gasteiger partial charge in [0.2, 0.25) is 5.91 Å². The van der Waals surface area contributed by atoms with Gasteiger partial charge in [-0.15, -0.1) is 0 Å². The van der Waals surface area contributed by atoms with E-state index in [9.17, 15) is 14.4 Å². The van der Waals surface area contributed by atoms with Crippen LogP contribution < -0.4 is 5.32 Å². The average Bonchev–Trinajstić information content (AvgIpc) is 3.38. The van der Waals surface area contributed by atoms with Crippen molar-refractivity contribution in [3.05, 3.63) is 35.4 Å². The van der Waals surface area contributed by atoms with Crippen molar-refractivity contribution in [2.75, 3.05) is 13.1 Å². The Morgan fingerprint density at radius 3 is 2.79 bits per heavy atom. The molecule has 4 rings (SSSR count). The maximum atomic E-state index is 13.1. The molecule has 0 aromatic heterocycles. The molecule has 6 heteroatoms. The third kappa shape index (κ3) is 4.19. The minimum Gasteiger partial charge on any atom is -0.333 e. The number of aldehydes is 1. The van der Waals surface area contributed by atoms with Crippen molar-refractivity contribution in [2.45, 2.75) is 57.0 Å². The molecule has 0 spiro atoms. The number of carbonyl (C=O) groups excluding carboxylic acids is 3. The molecule has 2 heterocycles. The predicted octanol–water partition coefficient (Wildman–Crippen LogP) is 2.29. The summed E-state index contributed by atoms with van der Waals surface area (Å²) < 4.78 is 0. The van der Waals surface area contributed by atoms with Gasteiger partial charge in [-0.3, -0.25) is 9.59 Å². The highest BCUT2D eigenvalue weighted by atomic mass is 32.1. The van der Waals surface area contributed by atoms with Crippen molar-refractivity contribution in [1.82, 2.24) is 10.2 Å². The summed E-state index contributed by atoms with van der Waals surface area (Å²) in [6, 6.07) is 7.59. The van der Waals surface area contributed by atoms with E-state index in [4.69, 9.17) is 12.2 Å². The van der Waals surface area contributed by atoms with Gasteiger partial charge < -0.3 is 15.0 Å². The Bertz CT molecular complexity index is 824. The molecule has 1 aromatic carbocycles. The number of nitrogens with zero attached hydrogens (tertiary/aromatic N) is 1. The van der Waals surface area contributed by atoms with Crippen LogP contribution in [0.25, 0.3) is 0 Å². The van der Waals surface area contributed by atoms with Gasteiger partial charge in [-0.1, -0.05) is 36.5 Å². The van der Waals surface area contributed by atoms with Crippen molar-refractivity contribution < 1.29 is 14.4 Å². The number of carbonyl (C=O) groups is 3. The van der Waals surface area contributed by atoms with Crippen LogP contribution in [-0.2, 0) is 27.2 Å². The first-order valence-corrected chi connectivity index (χ1v) is 11.1. The van der Waals surface area contributed by atoms with Crippen molar-refractivity contribution in [3.8, 4) is 0 Å². The average molecular weight is 413 g/mol. The van der Waals surface area contributed by atoms with E-state index in [0.717, 1.165) is 38.4 Å². The molecule has 0 saturated carbocycles. The topological polar surface area (TPSA) is 66.5 Å². The Hall–Kier alpha value is -1.92. The summed E-state index contributed by atoms with van der Waals surface area (Å²) in [7, 11) is 0. The summed E-state index contributed by atoms with van der Waals surface area (Å²) in [4.78, 5) is 39.7. The number of benzene rings is 1. The smallest absolute Gasteiger partial charge is 0.223 e. The molecule has 2 saturated heterocycles. The Morgan fingerprint density at radius 2 is 2.00 bits per heavy atom.